The Hall–Kier alpha value is -1.97. The van der Waals surface area contributed by atoms with Gasteiger partial charge >= 0.3 is 0 Å². The second kappa shape index (κ2) is 11.8. The number of methoxy groups -OCH3 is 1. The Morgan fingerprint density at radius 1 is 1.21 bits per heavy atom. The Morgan fingerprint density at radius 3 is 2.46 bits per heavy atom. The molecule has 0 fully saturated rings. The predicted molar refractivity (Wildman–Crippen MR) is 124 cm³/mol. The first-order valence-electron chi connectivity index (χ1n) is 9.19. The van der Waals surface area contributed by atoms with Gasteiger partial charge < -0.3 is 20.1 Å². The molecule has 0 spiro atoms. The molecule has 156 valence electrons. The third-order valence-electron chi connectivity index (χ3n) is 4.50. The quantitative estimate of drug-likeness (QED) is 0.331. The maximum Gasteiger partial charge on any atom is 0.191 e. The van der Waals surface area contributed by atoms with Crippen LogP contribution in [-0.2, 0) is 13.5 Å². The van der Waals surface area contributed by atoms with Crippen LogP contribution in [0.15, 0.2) is 29.3 Å². The lowest BCUT2D eigenvalue weighted by molar-refractivity contribution is 0.213. The number of guanidine groups is 1. The van der Waals surface area contributed by atoms with Gasteiger partial charge in [0.2, 0.25) is 0 Å². The van der Waals surface area contributed by atoms with Gasteiger partial charge in [0, 0.05) is 26.3 Å². The molecular formula is C20H32IN5O2. The van der Waals surface area contributed by atoms with Crippen LogP contribution >= 0.6 is 24.0 Å². The number of aryl methyl sites for hydroxylation is 2. The number of benzene rings is 1. The number of nitrogens with zero attached hydrogens (tertiary/aromatic N) is 3. The van der Waals surface area contributed by atoms with E-state index in [9.17, 15) is 0 Å². The fraction of sp³-hybridized carbons (Fsp3) is 0.500. The van der Waals surface area contributed by atoms with Gasteiger partial charge in [-0.15, -0.1) is 24.0 Å². The molecule has 28 heavy (non-hydrogen) atoms. The van der Waals surface area contributed by atoms with Crippen molar-refractivity contribution >= 4 is 29.9 Å². The summed E-state index contributed by atoms with van der Waals surface area (Å²) in [5.41, 5.74) is 3.57. The van der Waals surface area contributed by atoms with Gasteiger partial charge in [-0.1, -0.05) is 12.1 Å². The van der Waals surface area contributed by atoms with Gasteiger partial charge in [-0.2, -0.15) is 5.10 Å². The summed E-state index contributed by atoms with van der Waals surface area (Å²) in [7, 11) is 5.38. The van der Waals surface area contributed by atoms with Crippen molar-refractivity contribution in [2.24, 2.45) is 12.0 Å². The molecule has 0 amide bonds. The predicted octanol–water partition coefficient (Wildman–Crippen LogP) is 2.84. The third-order valence-corrected chi connectivity index (χ3v) is 4.50. The third kappa shape index (κ3) is 6.57. The number of para-hydroxylation sites is 2. The minimum atomic E-state index is -0.0392. The molecule has 0 saturated carbocycles. The van der Waals surface area contributed by atoms with Crippen LogP contribution in [0.5, 0.6) is 11.5 Å². The van der Waals surface area contributed by atoms with Gasteiger partial charge in [-0.25, -0.2) is 0 Å². The Labute approximate surface area is 184 Å². The molecule has 0 aliphatic carbocycles. The number of halogens is 1. The van der Waals surface area contributed by atoms with E-state index in [0.29, 0.717) is 6.54 Å². The summed E-state index contributed by atoms with van der Waals surface area (Å²) in [4.78, 5) is 4.28. The average Bonchev–Trinajstić information content (AvgIpc) is 2.90. The number of nitrogens with one attached hydrogen (secondary N) is 2. The molecule has 0 aliphatic heterocycles. The molecule has 0 aliphatic rings. The second-order valence-electron chi connectivity index (χ2n) is 6.48. The van der Waals surface area contributed by atoms with E-state index in [0.717, 1.165) is 36.1 Å². The number of aromatic nitrogens is 2. The maximum absolute atomic E-state index is 5.96. The fourth-order valence-corrected chi connectivity index (χ4v) is 2.92. The minimum Gasteiger partial charge on any atom is -0.493 e. The summed E-state index contributed by atoms with van der Waals surface area (Å²) in [6.45, 7) is 7.57. The van der Waals surface area contributed by atoms with Crippen molar-refractivity contribution in [1.82, 2.24) is 20.4 Å². The van der Waals surface area contributed by atoms with Crippen LogP contribution in [0.1, 0.15) is 23.9 Å². The standard InChI is InChI=1S/C20H31N5O2.HI/c1-14(27-19-10-8-7-9-18(19)26-6)13-23-20(21-4)22-12-11-17-15(2)24-25(5)16(17)3;/h7-10,14H,11-13H2,1-6H3,(H2,21,22,23);1H. The van der Waals surface area contributed by atoms with Crippen LogP contribution < -0.4 is 20.1 Å². The Bertz CT molecular complexity index is 776. The first kappa shape index (κ1) is 24.1. The summed E-state index contributed by atoms with van der Waals surface area (Å²) >= 11 is 0. The molecular weight excluding hydrogens is 469 g/mol. The van der Waals surface area contributed by atoms with Gasteiger partial charge in [0.25, 0.3) is 0 Å². The lowest BCUT2D eigenvalue weighted by Crippen LogP contribution is -2.42. The highest BCUT2D eigenvalue weighted by atomic mass is 127. The zero-order valence-corrected chi connectivity index (χ0v) is 19.9. The zero-order chi connectivity index (χ0) is 19.8. The molecule has 1 aromatic heterocycles. The summed E-state index contributed by atoms with van der Waals surface area (Å²) in [6.07, 6.45) is 0.863. The van der Waals surface area contributed by atoms with E-state index >= 15 is 0 Å². The Balaban J connectivity index is 0.00000392. The van der Waals surface area contributed by atoms with Crippen LogP contribution in [0, 0.1) is 13.8 Å². The highest BCUT2D eigenvalue weighted by molar-refractivity contribution is 14.0. The summed E-state index contributed by atoms with van der Waals surface area (Å²) in [5.74, 6) is 2.22. The van der Waals surface area contributed by atoms with E-state index in [2.05, 4.69) is 27.6 Å². The number of hydrogen-bond donors (Lipinski definition) is 2. The van der Waals surface area contributed by atoms with Crippen molar-refractivity contribution < 1.29 is 9.47 Å². The molecule has 2 N–H and O–H groups in total. The summed E-state index contributed by atoms with van der Waals surface area (Å²) < 4.78 is 13.2. The largest absolute Gasteiger partial charge is 0.493 e. The van der Waals surface area contributed by atoms with E-state index in [1.807, 2.05) is 49.8 Å². The van der Waals surface area contributed by atoms with Gasteiger partial charge in [0.05, 0.1) is 19.3 Å². The number of aliphatic imine (C=N–C) groups is 1. The minimum absolute atomic E-state index is 0. The maximum atomic E-state index is 5.96. The monoisotopic (exact) mass is 501 g/mol. The molecule has 1 heterocycles. The SMILES string of the molecule is CN=C(NCCc1c(C)nn(C)c1C)NCC(C)Oc1ccccc1OC.I. The first-order chi connectivity index (χ1) is 13.0. The van der Waals surface area contributed by atoms with Gasteiger partial charge in [0.15, 0.2) is 17.5 Å². The van der Waals surface area contributed by atoms with Crippen molar-refractivity contribution in [1.29, 1.82) is 0 Å². The van der Waals surface area contributed by atoms with Crippen LogP contribution in [0.2, 0.25) is 0 Å². The van der Waals surface area contributed by atoms with Crippen molar-refractivity contribution in [3.8, 4) is 11.5 Å². The second-order valence-corrected chi connectivity index (χ2v) is 6.48. The normalized spacial score (nSPS) is 12.1. The van der Waals surface area contributed by atoms with Crippen LogP contribution in [0.4, 0.5) is 0 Å². The summed E-state index contributed by atoms with van der Waals surface area (Å²) in [5, 5.41) is 11.1. The molecule has 1 aromatic carbocycles. The first-order valence-corrected chi connectivity index (χ1v) is 9.19. The molecule has 0 bridgehead atoms. The van der Waals surface area contributed by atoms with Crippen molar-refractivity contribution in [3.63, 3.8) is 0 Å². The number of ether oxygens (including phenoxy) is 2. The van der Waals surface area contributed by atoms with Gasteiger partial charge in [0.1, 0.15) is 6.10 Å². The zero-order valence-electron chi connectivity index (χ0n) is 17.6. The highest BCUT2D eigenvalue weighted by Crippen LogP contribution is 2.26. The van der Waals surface area contributed by atoms with Gasteiger partial charge in [-0.05, 0) is 44.9 Å². The van der Waals surface area contributed by atoms with Gasteiger partial charge in [-0.3, -0.25) is 9.67 Å². The van der Waals surface area contributed by atoms with Crippen molar-refractivity contribution in [2.75, 3.05) is 27.2 Å². The molecule has 0 radical (unpaired) electrons. The van der Waals surface area contributed by atoms with Crippen LogP contribution in [0.25, 0.3) is 0 Å². The molecule has 1 atom stereocenters. The van der Waals surface area contributed by atoms with E-state index in [1.165, 1.54) is 11.3 Å². The molecule has 1 unspecified atom stereocenters. The van der Waals surface area contributed by atoms with E-state index < -0.39 is 0 Å². The molecule has 0 saturated heterocycles. The van der Waals surface area contributed by atoms with Crippen LogP contribution in [0.3, 0.4) is 0 Å². The Kier molecular flexibility index (Phi) is 10.1. The van der Waals surface area contributed by atoms with Crippen LogP contribution in [-0.4, -0.2) is 49.1 Å². The van der Waals surface area contributed by atoms with Crippen molar-refractivity contribution in [3.05, 3.63) is 41.2 Å². The smallest absolute Gasteiger partial charge is 0.191 e. The average molecular weight is 501 g/mol. The van der Waals surface area contributed by atoms with E-state index in [1.54, 1.807) is 14.2 Å². The molecule has 7 nitrogen and oxygen atoms in total. The van der Waals surface area contributed by atoms with Crippen molar-refractivity contribution in [2.45, 2.75) is 33.3 Å². The number of rotatable bonds is 8. The van der Waals surface area contributed by atoms with E-state index in [-0.39, 0.29) is 30.1 Å². The molecule has 2 rings (SSSR count). The van der Waals surface area contributed by atoms with E-state index in [4.69, 9.17) is 9.47 Å². The lowest BCUT2D eigenvalue weighted by Gasteiger charge is -2.19. The molecule has 8 heteroatoms. The highest BCUT2D eigenvalue weighted by Gasteiger charge is 2.11. The lowest BCUT2D eigenvalue weighted by atomic mass is 10.1. The summed E-state index contributed by atoms with van der Waals surface area (Å²) in [6, 6.07) is 7.65. The fourth-order valence-electron chi connectivity index (χ4n) is 2.92. The Morgan fingerprint density at radius 2 is 1.89 bits per heavy atom. The number of hydrogen-bond acceptors (Lipinski definition) is 4. The molecule has 2 aromatic rings. The topological polar surface area (TPSA) is 72.7 Å².